The number of hydrogen-bond acceptors (Lipinski definition) is 3. The molecule has 0 rings (SSSR count). The molecule has 0 aromatic heterocycles. The Balaban J connectivity index is 3.27. The molecule has 0 aliphatic heterocycles. The molecule has 0 unspecified atom stereocenters. The first-order valence-electron chi connectivity index (χ1n) is 3.93. The fourth-order valence-electron chi connectivity index (χ4n) is 0.672. The van der Waals surface area contributed by atoms with Crippen molar-refractivity contribution in [1.29, 1.82) is 0 Å². The molecule has 0 aromatic carbocycles. The number of amides is 1. The number of amidine groups is 1. The summed E-state index contributed by atoms with van der Waals surface area (Å²) in [7, 11) is 0. The summed E-state index contributed by atoms with van der Waals surface area (Å²) in [6.07, 6.45) is 1.69. The van der Waals surface area contributed by atoms with E-state index in [1.165, 1.54) is 0 Å². The third-order valence-electron chi connectivity index (χ3n) is 1.38. The van der Waals surface area contributed by atoms with Crippen molar-refractivity contribution >= 4 is 11.7 Å². The summed E-state index contributed by atoms with van der Waals surface area (Å²) in [5.74, 6) is 0.218. The fourth-order valence-corrected chi connectivity index (χ4v) is 0.672. The Kier molecular flexibility index (Phi) is 5.77. The van der Waals surface area contributed by atoms with Gasteiger partial charge in [-0.05, 0) is 6.42 Å². The van der Waals surface area contributed by atoms with E-state index < -0.39 is 0 Å². The van der Waals surface area contributed by atoms with E-state index in [1.807, 2.05) is 0 Å². The van der Waals surface area contributed by atoms with Crippen LogP contribution in [0, 0.1) is 0 Å². The first-order chi connectivity index (χ1) is 5.70. The van der Waals surface area contributed by atoms with Crippen molar-refractivity contribution in [2.45, 2.75) is 26.2 Å². The van der Waals surface area contributed by atoms with Crippen molar-refractivity contribution in [3.63, 3.8) is 0 Å². The number of nitrogens with zero attached hydrogens (tertiary/aromatic N) is 1. The lowest BCUT2D eigenvalue weighted by molar-refractivity contribution is -0.120. The summed E-state index contributed by atoms with van der Waals surface area (Å²) in [6.45, 7) is 2.36. The van der Waals surface area contributed by atoms with Crippen LogP contribution in [-0.4, -0.2) is 23.5 Å². The molecule has 0 heterocycles. The second-order valence-electron chi connectivity index (χ2n) is 2.40. The number of hydrogen-bond donors (Lipinski definition) is 3. The lowest BCUT2D eigenvalue weighted by atomic mass is 10.3. The number of oxime groups is 1. The molecule has 0 bridgehead atoms. The van der Waals surface area contributed by atoms with Gasteiger partial charge in [-0.2, -0.15) is 0 Å². The van der Waals surface area contributed by atoms with Gasteiger partial charge in [-0.1, -0.05) is 12.1 Å². The minimum absolute atomic E-state index is 0.0227. The first kappa shape index (κ1) is 10.7. The van der Waals surface area contributed by atoms with Crippen molar-refractivity contribution < 1.29 is 10.0 Å². The van der Waals surface area contributed by atoms with Crippen LogP contribution in [0.4, 0.5) is 0 Å². The standard InChI is InChI=1S/C7H15N3O2/c1-2-7(11)9-5-3-4-6(8)10-12/h12H,2-5H2,1H3,(H2,8,10)(H,9,11). The van der Waals surface area contributed by atoms with Crippen molar-refractivity contribution in [1.82, 2.24) is 5.32 Å². The van der Waals surface area contributed by atoms with Crippen LogP contribution >= 0.6 is 0 Å². The zero-order chi connectivity index (χ0) is 9.40. The van der Waals surface area contributed by atoms with E-state index in [2.05, 4.69) is 10.5 Å². The molecule has 0 saturated heterocycles. The largest absolute Gasteiger partial charge is 0.409 e. The second kappa shape index (κ2) is 6.45. The highest BCUT2D eigenvalue weighted by Gasteiger charge is 1.96. The van der Waals surface area contributed by atoms with E-state index in [9.17, 15) is 4.79 Å². The van der Waals surface area contributed by atoms with Crippen LogP contribution in [0.3, 0.4) is 0 Å². The maximum atomic E-state index is 10.7. The van der Waals surface area contributed by atoms with Gasteiger partial charge in [0.15, 0.2) is 0 Å². The normalized spacial score (nSPS) is 11.2. The molecule has 1 amide bonds. The molecule has 0 aromatic rings. The van der Waals surface area contributed by atoms with Crippen LogP contribution in [0.15, 0.2) is 5.16 Å². The van der Waals surface area contributed by atoms with Crippen LogP contribution in [0.25, 0.3) is 0 Å². The lowest BCUT2D eigenvalue weighted by Gasteiger charge is -2.01. The van der Waals surface area contributed by atoms with Crippen LogP contribution in [0.2, 0.25) is 0 Å². The van der Waals surface area contributed by atoms with Crippen LogP contribution < -0.4 is 11.1 Å². The average Bonchev–Trinajstić information content (AvgIpc) is 2.11. The summed E-state index contributed by atoms with van der Waals surface area (Å²) in [5.41, 5.74) is 5.21. The third kappa shape index (κ3) is 5.52. The first-order valence-corrected chi connectivity index (χ1v) is 3.93. The second-order valence-corrected chi connectivity index (χ2v) is 2.40. The Labute approximate surface area is 71.6 Å². The summed E-state index contributed by atoms with van der Waals surface area (Å²) < 4.78 is 0. The molecule has 0 aliphatic carbocycles. The van der Waals surface area contributed by atoms with Crippen molar-refractivity contribution in [3.05, 3.63) is 0 Å². The molecule has 70 valence electrons. The van der Waals surface area contributed by atoms with Gasteiger partial charge in [0, 0.05) is 19.4 Å². The molecular weight excluding hydrogens is 158 g/mol. The quantitative estimate of drug-likeness (QED) is 0.180. The molecular formula is C7H15N3O2. The van der Waals surface area contributed by atoms with E-state index in [1.54, 1.807) is 6.92 Å². The maximum absolute atomic E-state index is 10.7. The minimum Gasteiger partial charge on any atom is -0.409 e. The Morgan fingerprint density at radius 1 is 1.67 bits per heavy atom. The van der Waals surface area contributed by atoms with Gasteiger partial charge in [0.05, 0.1) is 0 Å². The molecule has 0 saturated carbocycles. The maximum Gasteiger partial charge on any atom is 0.219 e. The van der Waals surface area contributed by atoms with Crippen LogP contribution in [0.5, 0.6) is 0 Å². The highest BCUT2D eigenvalue weighted by Crippen LogP contribution is 1.86. The highest BCUT2D eigenvalue weighted by atomic mass is 16.4. The highest BCUT2D eigenvalue weighted by molar-refractivity contribution is 5.79. The Morgan fingerprint density at radius 3 is 2.83 bits per heavy atom. The van der Waals surface area contributed by atoms with Gasteiger partial charge in [0.25, 0.3) is 0 Å². The molecule has 0 aliphatic rings. The predicted molar refractivity (Wildman–Crippen MR) is 45.9 cm³/mol. The number of rotatable bonds is 5. The van der Waals surface area contributed by atoms with Crippen molar-refractivity contribution in [3.8, 4) is 0 Å². The zero-order valence-corrected chi connectivity index (χ0v) is 7.21. The van der Waals surface area contributed by atoms with E-state index in [0.29, 0.717) is 25.8 Å². The molecule has 0 radical (unpaired) electrons. The monoisotopic (exact) mass is 173 g/mol. The number of carbonyl (C=O) groups is 1. The number of carbonyl (C=O) groups excluding carboxylic acids is 1. The van der Waals surface area contributed by atoms with Crippen LogP contribution in [-0.2, 0) is 4.79 Å². The third-order valence-corrected chi connectivity index (χ3v) is 1.38. The van der Waals surface area contributed by atoms with Gasteiger partial charge >= 0.3 is 0 Å². The molecule has 12 heavy (non-hydrogen) atoms. The predicted octanol–water partition coefficient (Wildman–Crippen LogP) is 0.0392. The van der Waals surface area contributed by atoms with Gasteiger partial charge in [0.2, 0.25) is 5.91 Å². The van der Waals surface area contributed by atoms with E-state index in [0.717, 1.165) is 0 Å². The molecule has 5 nitrogen and oxygen atoms in total. The number of nitrogens with one attached hydrogen (secondary N) is 1. The Bertz CT molecular complexity index is 168. The van der Waals surface area contributed by atoms with Crippen LogP contribution in [0.1, 0.15) is 26.2 Å². The zero-order valence-electron chi connectivity index (χ0n) is 7.21. The van der Waals surface area contributed by atoms with Gasteiger partial charge in [-0.15, -0.1) is 0 Å². The Hall–Kier alpha value is -1.26. The van der Waals surface area contributed by atoms with Gasteiger partial charge < -0.3 is 16.3 Å². The van der Waals surface area contributed by atoms with Crippen molar-refractivity contribution in [2.75, 3.05) is 6.54 Å². The molecule has 0 fully saturated rings. The fraction of sp³-hybridized carbons (Fsp3) is 0.714. The molecule has 5 heteroatoms. The van der Waals surface area contributed by atoms with E-state index >= 15 is 0 Å². The molecule has 4 N–H and O–H groups in total. The van der Waals surface area contributed by atoms with Gasteiger partial charge in [-0.3, -0.25) is 4.79 Å². The van der Waals surface area contributed by atoms with E-state index in [-0.39, 0.29) is 11.7 Å². The minimum atomic E-state index is 0.0227. The Morgan fingerprint density at radius 2 is 2.33 bits per heavy atom. The summed E-state index contributed by atoms with van der Waals surface area (Å²) in [5, 5.41) is 13.7. The summed E-state index contributed by atoms with van der Waals surface area (Å²) in [6, 6.07) is 0. The van der Waals surface area contributed by atoms with E-state index in [4.69, 9.17) is 10.9 Å². The number of nitrogens with two attached hydrogens (primary N) is 1. The summed E-state index contributed by atoms with van der Waals surface area (Å²) in [4.78, 5) is 10.7. The smallest absolute Gasteiger partial charge is 0.219 e. The SMILES string of the molecule is CCC(=O)NCCCC(N)=NO. The molecule has 0 spiro atoms. The summed E-state index contributed by atoms with van der Waals surface area (Å²) >= 11 is 0. The van der Waals surface area contributed by atoms with Gasteiger partial charge in [-0.25, -0.2) is 0 Å². The average molecular weight is 173 g/mol. The van der Waals surface area contributed by atoms with Crippen molar-refractivity contribution in [2.24, 2.45) is 10.9 Å². The topological polar surface area (TPSA) is 87.7 Å². The molecule has 0 atom stereocenters. The lowest BCUT2D eigenvalue weighted by Crippen LogP contribution is -2.24. The van der Waals surface area contributed by atoms with Gasteiger partial charge in [0.1, 0.15) is 5.84 Å².